The highest BCUT2D eigenvalue weighted by Crippen LogP contribution is 2.39. The minimum atomic E-state index is 0.161. The Balaban J connectivity index is 1.59. The highest BCUT2D eigenvalue weighted by molar-refractivity contribution is 7.99. The van der Waals surface area contributed by atoms with Gasteiger partial charge in [0.2, 0.25) is 5.95 Å². The van der Waals surface area contributed by atoms with E-state index >= 15 is 0 Å². The average molecular weight is 446 g/mol. The van der Waals surface area contributed by atoms with Crippen molar-refractivity contribution in [2.24, 2.45) is 0 Å². The van der Waals surface area contributed by atoms with Crippen molar-refractivity contribution in [1.29, 1.82) is 0 Å². The third-order valence-corrected chi connectivity index (χ3v) is 6.15. The topological polar surface area (TPSA) is 106 Å². The van der Waals surface area contributed by atoms with E-state index in [9.17, 15) is 0 Å². The lowest BCUT2D eigenvalue weighted by Gasteiger charge is -2.20. The van der Waals surface area contributed by atoms with Crippen LogP contribution in [0.3, 0.4) is 0 Å². The van der Waals surface area contributed by atoms with Crippen LogP contribution in [0.25, 0.3) is 22.2 Å². The summed E-state index contributed by atoms with van der Waals surface area (Å²) in [4.78, 5) is 13.3. The number of hydrogen-bond donors (Lipinski definition) is 3. The van der Waals surface area contributed by atoms with Crippen molar-refractivity contribution in [2.45, 2.75) is 31.2 Å². The number of nitrogens with two attached hydrogens (primary N) is 1. The molecule has 0 saturated carbocycles. The summed E-state index contributed by atoms with van der Waals surface area (Å²) in [6, 6.07) is 8.05. The largest absolute Gasteiger partial charge is 0.395 e. The second kappa shape index (κ2) is 9.89. The molecule has 2 heterocycles. The van der Waals surface area contributed by atoms with Gasteiger partial charge in [-0.1, -0.05) is 41.6 Å². The number of ether oxygens (including phenoxy) is 1. The monoisotopic (exact) mass is 445 g/mol. The maximum atomic E-state index is 8.78. The highest BCUT2D eigenvalue weighted by atomic mass is 35.5. The number of anilines is 1. The van der Waals surface area contributed by atoms with Gasteiger partial charge in [0.1, 0.15) is 0 Å². The lowest BCUT2D eigenvalue weighted by atomic mass is 9.94. The van der Waals surface area contributed by atoms with Crippen LogP contribution in [0.15, 0.2) is 29.4 Å². The summed E-state index contributed by atoms with van der Waals surface area (Å²) >= 11 is 8.22. The molecule has 158 valence electrons. The lowest BCUT2D eigenvalue weighted by molar-refractivity contribution is 0.103. The number of unbranched alkanes of at least 4 members (excludes halogenated alkanes) is 1. The van der Waals surface area contributed by atoms with Gasteiger partial charge in [-0.3, -0.25) is 0 Å². The van der Waals surface area contributed by atoms with E-state index in [0.29, 0.717) is 35.8 Å². The van der Waals surface area contributed by atoms with E-state index in [4.69, 9.17) is 27.2 Å². The number of nitrogen functional groups attached to an aromatic ring is 1. The van der Waals surface area contributed by atoms with E-state index in [-0.39, 0.29) is 12.6 Å². The zero-order valence-corrected chi connectivity index (χ0v) is 18.1. The third kappa shape index (κ3) is 4.68. The second-order valence-electron chi connectivity index (χ2n) is 7.05. The summed E-state index contributed by atoms with van der Waals surface area (Å²) in [6.07, 6.45) is 2.02. The Bertz CT molecular complexity index is 1050. The minimum Gasteiger partial charge on any atom is -0.395 e. The Hall–Kier alpha value is -1.97. The van der Waals surface area contributed by atoms with Crippen molar-refractivity contribution < 1.29 is 9.84 Å². The first-order valence-corrected chi connectivity index (χ1v) is 11.3. The van der Waals surface area contributed by atoms with Gasteiger partial charge >= 0.3 is 0 Å². The van der Waals surface area contributed by atoms with Crippen molar-refractivity contribution in [3.8, 4) is 11.4 Å². The Labute approximate surface area is 184 Å². The highest BCUT2D eigenvalue weighted by Gasteiger charge is 2.20. The SMILES string of the molecule is Nc1nc(SCCCCNCCO)nc(-c2c(Cl)cc3c4c(cccc24)COC3)n1. The predicted octanol–water partition coefficient (Wildman–Crippen LogP) is 3.41. The van der Waals surface area contributed by atoms with Crippen molar-refractivity contribution in [3.05, 3.63) is 40.4 Å². The first kappa shape index (κ1) is 21.3. The summed E-state index contributed by atoms with van der Waals surface area (Å²) in [5.41, 5.74) is 8.99. The zero-order valence-electron chi connectivity index (χ0n) is 16.5. The van der Waals surface area contributed by atoms with Crippen LogP contribution in [0.5, 0.6) is 0 Å². The van der Waals surface area contributed by atoms with Crippen LogP contribution in [-0.4, -0.2) is 45.5 Å². The van der Waals surface area contributed by atoms with Gasteiger partial charge in [-0.15, -0.1) is 0 Å². The van der Waals surface area contributed by atoms with Crippen molar-refractivity contribution in [3.63, 3.8) is 0 Å². The van der Waals surface area contributed by atoms with Crippen LogP contribution in [0, 0.1) is 0 Å². The molecule has 1 aliphatic rings. The molecule has 0 atom stereocenters. The summed E-state index contributed by atoms with van der Waals surface area (Å²) in [5.74, 6) is 1.56. The molecule has 7 nitrogen and oxygen atoms in total. The Morgan fingerprint density at radius 1 is 1.13 bits per heavy atom. The van der Waals surface area contributed by atoms with Crippen LogP contribution < -0.4 is 11.1 Å². The van der Waals surface area contributed by atoms with Crippen molar-refractivity contribution in [1.82, 2.24) is 20.3 Å². The maximum absolute atomic E-state index is 8.78. The molecule has 1 aromatic heterocycles. The molecular formula is C21H24ClN5O2S. The van der Waals surface area contributed by atoms with Gasteiger partial charge in [0.15, 0.2) is 11.0 Å². The number of thioether (sulfide) groups is 1. The lowest BCUT2D eigenvalue weighted by Crippen LogP contribution is -2.19. The smallest absolute Gasteiger partial charge is 0.224 e. The molecule has 3 aromatic rings. The molecule has 0 bridgehead atoms. The Morgan fingerprint density at radius 2 is 2.00 bits per heavy atom. The van der Waals surface area contributed by atoms with Gasteiger partial charge in [-0.2, -0.15) is 9.97 Å². The summed E-state index contributed by atoms with van der Waals surface area (Å²) in [5, 5.41) is 15.3. The van der Waals surface area contributed by atoms with E-state index in [1.54, 1.807) is 11.8 Å². The van der Waals surface area contributed by atoms with Crippen LogP contribution >= 0.6 is 23.4 Å². The maximum Gasteiger partial charge on any atom is 0.224 e. The number of benzene rings is 2. The van der Waals surface area contributed by atoms with Gasteiger partial charge in [0.25, 0.3) is 0 Å². The molecule has 30 heavy (non-hydrogen) atoms. The molecule has 0 fully saturated rings. The molecular weight excluding hydrogens is 422 g/mol. The number of aliphatic hydroxyl groups is 1. The number of aromatic nitrogens is 3. The van der Waals surface area contributed by atoms with Crippen LogP contribution in [0.1, 0.15) is 24.0 Å². The first-order chi connectivity index (χ1) is 14.7. The molecule has 0 spiro atoms. The fourth-order valence-corrected chi connectivity index (χ4v) is 4.77. The summed E-state index contributed by atoms with van der Waals surface area (Å²) < 4.78 is 5.67. The predicted molar refractivity (Wildman–Crippen MR) is 121 cm³/mol. The standard InChI is InChI=1S/C21H24ClN5O2S/c22-16-10-14-12-29-11-13-4-3-5-15(17(13)14)18(16)19-25-20(23)27-21(26-19)30-9-2-1-6-24-7-8-28/h3-5,10,24,28H,1-2,6-9,11-12H2,(H2,23,25,26,27). The fourth-order valence-electron chi connectivity index (χ4n) is 3.61. The summed E-state index contributed by atoms with van der Waals surface area (Å²) in [6.45, 7) is 2.79. The molecule has 0 unspecified atom stereocenters. The molecule has 0 aliphatic carbocycles. The Morgan fingerprint density at radius 3 is 2.87 bits per heavy atom. The number of nitrogens with one attached hydrogen (secondary N) is 1. The Kier molecular flexibility index (Phi) is 7.01. The number of halogens is 1. The van der Waals surface area contributed by atoms with E-state index < -0.39 is 0 Å². The van der Waals surface area contributed by atoms with E-state index in [1.165, 1.54) is 0 Å². The molecule has 4 rings (SSSR count). The quantitative estimate of drug-likeness (QED) is 0.340. The van der Waals surface area contributed by atoms with Crippen molar-refractivity contribution in [2.75, 3.05) is 31.2 Å². The normalized spacial score (nSPS) is 13.1. The van der Waals surface area contributed by atoms with Crippen LogP contribution in [-0.2, 0) is 18.0 Å². The molecule has 0 saturated heterocycles. The molecule has 1 aliphatic heterocycles. The molecule has 0 amide bonds. The number of aliphatic hydroxyl groups excluding tert-OH is 1. The van der Waals surface area contributed by atoms with Crippen molar-refractivity contribution >= 4 is 40.1 Å². The van der Waals surface area contributed by atoms with E-state index in [0.717, 1.165) is 52.6 Å². The first-order valence-electron chi connectivity index (χ1n) is 9.94. The molecule has 4 N–H and O–H groups in total. The fraction of sp³-hybridized carbons (Fsp3) is 0.381. The van der Waals surface area contributed by atoms with Gasteiger partial charge in [-0.25, -0.2) is 4.98 Å². The number of rotatable bonds is 9. The zero-order chi connectivity index (χ0) is 20.9. The third-order valence-electron chi connectivity index (χ3n) is 4.92. The van der Waals surface area contributed by atoms with Crippen LogP contribution in [0.4, 0.5) is 5.95 Å². The minimum absolute atomic E-state index is 0.161. The van der Waals surface area contributed by atoms with E-state index in [1.807, 2.05) is 18.2 Å². The molecule has 9 heteroatoms. The van der Waals surface area contributed by atoms with Gasteiger partial charge in [-0.05, 0) is 47.4 Å². The number of hydrogen-bond acceptors (Lipinski definition) is 8. The van der Waals surface area contributed by atoms with Crippen LogP contribution in [0.2, 0.25) is 5.02 Å². The average Bonchev–Trinajstić information content (AvgIpc) is 2.73. The van der Waals surface area contributed by atoms with E-state index in [2.05, 4.69) is 26.3 Å². The van der Waals surface area contributed by atoms with Gasteiger partial charge < -0.3 is 20.9 Å². The molecule has 0 radical (unpaired) electrons. The van der Waals surface area contributed by atoms with Gasteiger partial charge in [0.05, 0.1) is 24.8 Å². The second-order valence-corrected chi connectivity index (χ2v) is 8.52. The van der Waals surface area contributed by atoms with Gasteiger partial charge in [0, 0.05) is 17.9 Å². The number of nitrogens with zero attached hydrogens (tertiary/aromatic N) is 3. The summed E-state index contributed by atoms with van der Waals surface area (Å²) in [7, 11) is 0. The molecule has 2 aromatic carbocycles.